The average Bonchev–Trinajstić information content (AvgIpc) is 2.20. The smallest absolute Gasteiger partial charge is 0.00390 e. The molecule has 14 heavy (non-hydrogen) atoms. The van der Waals surface area contributed by atoms with Gasteiger partial charge in [-0.05, 0) is 31.6 Å². The molecule has 0 bridgehead atoms. The van der Waals surface area contributed by atoms with Gasteiger partial charge in [0.2, 0.25) is 0 Å². The van der Waals surface area contributed by atoms with E-state index in [0.29, 0.717) is 6.04 Å². The third-order valence-corrected chi connectivity index (χ3v) is 3.02. The van der Waals surface area contributed by atoms with E-state index in [9.17, 15) is 0 Å². The van der Waals surface area contributed by atoms with E-state index in [1.165, 1.54) is 51.4 Å². The summed E-state index contributed by atoms with van der Waals surface area (Å²) < 4.78 is 0. The van der Waals surface area contributed by atoms with Crippen LogP contribution in [0.25, 0.3) is 0 Å². The fraction of sp³-hybridized carbons (Fsp3) is 1.00. The van der Waals surface area contributed by atoms with Crippen molar-refractivity contribution in [3.8, 4) is 0 Å². The highest BCUT2D eigenvalue weighted by molar-refractivity contribution is 4.70. The highest BCUT2D eigenvalue weighted by Crippen LogP contribution is 2.21. The van der Waals surface area contributed by atoms with Gasteiger partial charge in [0.25, 0.3) is 0 Å². The zero-order valence-electron chi connectivity index (χ0n) is 10.4. The van der Waals surface area contributed by atoms with Crippen molar-refractivity contribution in [1.29, 1.82) is 0 Å². The molecule has 0 aliphatic heterocycles. The van der Waals surface area contributed by atoms with Crippen molar-refractivity contribution in [1.82, 2.24) is 0 Å². The quantitative estimate of drug-likeness (QED) is 0.680. The van der Waals surface area contributed by atoms with Crippen molar-refractivity contribution in [2.75, 3.05) is 0 Å². The van der Waals surface area contributed by atoms with Crippen molar-refractivity contribution in [3.05, 3.63) is 0 Å². The maximum atomic E-state index is 5.70. The largest absolute Gasteiger partial charge is 0.328 e. The molecular formula is C13H29N. The molecule has 0 aromatic heterocycles. The van der Waals surface area contributed by atoms with Crippen LogP contribution in [0.4, 0.5) is 0 Å². The molecule has 1 aliphatic carbocycles. The van der Waals surface area contributed by atoms with E-state index in [1.54, 1.807) is 0 Å². The van der Waals surface area contributed by atoms with Crippen molar-refractivity contribution in [2.24, 2.45) is 11.7 Å². The molecule has 0 atom stereocenters. The minimum atomic E-state index is 0.520. The van der Waals surface area contributed by atoms with Gasteiger partial charge < -0.3 is 5.73 Å². The lowest BCUT2D eigenvalue weighted by Crippen LogP contribution is -2.25. The van der Waals surface area contributed by atoms with Crippen LogP contribution >= 0.6 is 0 Å². The van der Waals surface area contributed by atoms with Crippen LogP contribution in [0.15, 0.2) is 0 Å². The van der Waals surface area contributed by atoms with Crippen LogP contribution in [-0.4, -0.2) is 6.04 Å². The first kappa shape index (κ1) is 14.0. The molecule has 0 radical (unpaired) electrons. The van der Waals surface area contributed by atoms with E-state index >= 15 is 0 Å². The Morgan fingerprint density at radius 3 is 1.64 bits per heavy atom. The van der Waals surface area contributed by atoms with Crippen LogP contribution in [0, 0.1) is 5.92 Å². The van der Waals surface area contributed by atoms with Gasteiger partial charge in [-0.1, -0.05) is 46.5 Å². The summed E-state index contributed by atoms with van der Waals surface area (Å²) in [6.45, 7) is 6.77. The summed E-state index contributed by atoms with van der Waals surface area (Å²) in [5, 5.41) is 0. The average molecular weight is 199 g/mol. The number of nitrogens with two attached hydrogens (primary N) is 1. The fourth-order valence-electron chi connectivity index (χ4n) is 1.79. The molecule has 0 aromatic rings. The Balaban J connectivity index is 0.000000255. The molecule has 0 saturated heterocycles. The van der Waals surface area contributed by atoms with E-state index in [1.807, 2.05) is 0 Å². The minimum Gasteiger partial charge on any atom is -0.328 e. The summed E-state index contributed by atoms with van der Waals surface area (Å²) in [4.78, 5) is 0. The SMILES string of the molecule is CC1CCC(N)CC1.CCCCCC. The molecule has 1 rings (SSSR count). The van der Waals surface area contributed by atoms with E-state index in [0.717, 1.165) is 5.92 Å². The summed E-state index contributed by atoms with van der Waals surface area (Å²) in [6, 6.07) is 0.520. The molecule has 1 aliphatic rings. The maximum absolute atomic E-state index is 5.70. The van der Waals surface area contributed by atoms with Crippen LogP contribution in [-0.2, 0) is 0 Å². The Kier molecular flexibility index (Phi) is 9.49. The predicted octanol–water partition coefficient (Wildman–Crippen LogP) is 4.11. The van der Waals surface area contributed by atoms with Gasteiger partial charge in [0.05, 0.1) is 0 Å². The first-order valence-corrected chi connectivity index (χ1v) is 6.46. The van der Waals surface area contributed by atoms with Gasteiger partial charge >= 0.3 is 0 Å². The van der Waals surface area contributed by atoms with Crippen molar-refractivity contribution in [2.45, 2.75) is 78.2 Å². The van der Waals surface area contributed by atoms with E-state index in [4.69, 9.17) is 5.73 Å². The summed E-state index contributed by atoms with van der Waals surface area (Å²) in [6.07, 6.45) is 10.7. The summed E-state index contributed by atoms with van der Waals surface area (Å²) in [5.74, 6) is 0.940. The summed E-state index contributed by atoms with van der Waals surface area (Å²) >= 11 is 0. The van der Waals surface area contributed by atoms with E-state index < -0.39 is 0 Å². The van der Waals surface area contributed by atoms with Gasteiger partial charge in [0.15, 0.2) is 0 Å². The minimum absolute atomic E-state index is 0.520. The molecule has 0 heterocycles. The lowest BCUT2D eigenvalue weighted by molar-refractivity contribution is 0.348. The summed E-state index contributed by atoms with van der Waals surface area (Å²) in [5.41, 5.74) is 5.70. The lowest BCUT2D eigenvalue weighted by atomic mass is 9.88. The van der Waals surface area contributed by atoms with Crippen LogP contribution in [0.5, 0.6) is 0 Å². The highest BCUT2D eigenvalue weighted by Gasteiger charge is 2.13. The molecule has 2 N–H and O–H groups in total. The second kappa shape index (κ2) is 9.51. The molecule has 1 saturated carbocycles. The molecule has 0 amide bonds. The van der Waals surface area contributed by atoms with Crippen molar-refractivity contribution >= 4 is 0 Å². The Bertz CT molecular complexity index is 89.8. The van der Waals surface area contributed by atoms with Crippen LogP contribution in [0.1, 0.15) is 72.1 Å². The number of unbranched alkanes of at least 4 members (excludes halogenated alkanes) is 3. The molecular weight excluding hydrogens is 170 g/mol. The van der Waals surface area contributed by atoms with Crippen LogP contribution in [0.3, 0.4) is 0 Å². The molecule has 0 spiro atoms. The monoisotopic (exact) mass is 199 g/mol. The van der Waals surface area contributed by atoms with Crippen LogP contribution in [0.2, 0.25) is 0 Å². The fourth-order valence-corrected chi connectivity index (χ4v) is 1.79. The zero-order valence-corrected chi connectivity index (χ0v) is 10.4. The molecule has 1 fully saturated rings. The summed E-state index contributed by atoms with van der Waals surface area (Å²) in [7, 11) is 0. The van der Waals surface area contributed by atoms with Gasteiger partial charge in [-0.3, -0.25) is 0 Å². The van der Waals surface area contributed by atoms with Gasteiger partial charge in [-0.25, -0.2) is 0 Å². The molecule has 1 heteroatoms. The zero-order chi connectivity index (χ0) is 10.8. The van der Waals surface area contributed by atoms with E-state index in [-0.39, 0.29) is 0 Å². The third-order valence-electron chi connectivity index (χ3n) is 3.02. The molecule has 0 unspecified atom stereocenters. The standard InChI is InChI=1S/C7H15N.C6H14/c1-6-2-4-7(8)5-3-6;1-3-5-6-4-2/h6-7H,2-5,8H2,1H3;3-6H2,1-2H3. The number of hydrogen-bond donors (Lipinski definition) is 1. The third kappa shape index (κ3) is 8.55. The topological polar surface area (TPSA) is 26.0 Å². The van der Waals surface area contributed by atoms with Crippen molar-refractivity contribution < 1.29 is 0 Å². The Morgan fingerprint density at radius 2 is 1.36 bits per heavy atom. The van der Waals surface area contributed by atoms with Gasteiger partial charge in [0, 0.05) is 6.04 Å². The second-order valence-electron chi connectivity index (χ2n) is 4.73. The highest BCUT2D eigenvalue weighted by atomic mass is 14.6. The number of rotatable bonds is 3. The predicted molar refractivity (Wildman–Crippen MR) is 65.4 cm³/mol. The van der Waals surface area contributed by atoms with Gasteiger partial charge in [-0.2, -0.15) is 0 Å². The maximum Gasteiger partial charge on any atom is 0.00390 e. The van der Waals surface area contributed by atoms with Gasteiger partial charge in [-0.15, -0.1) is 0 Å². The number of hydrogen-bond acceptors (Lipinski definition) is 1. The Morgan fingerprint density at radius 1 is 0.929 bits per heavy atom. The normalized spacial score (nSPS) is 26.6. The molecule has 1 nitrogen and oxygen atoms in total. The Hall–Kier alpha value is -0.0400. The van der Waals surface area contributed by atoms with Crippen molar-refractivity contribution in [3.63, 3.8) is 0 Å². The first-order valence-electron chi connectivity index (χ1n) is 6.46. The lowest BCUT2D eigenvalue weighted by Gasteiger charge is -2.22. The molecule has 0 aromatic carbocycles. The Labute approximate surface area is 90.5 Å². The second-order valence-corrected chi connectivity index (χ2v) is 4.73. The van der Waals surface area contributed by atoms with Crippen LogP contribution < -0.4 is 5.73 Å². The first-order chi connectivity index (χ1) is 6.70. The van der Waals surface area contributed by atoms with Gasteiger partial charge in [0.1, 0.15) is 0 Å². The van der Waals surface area contributed by atoms with E-state index in [2.05, 4.69) is 20.8 Å². The molecule has 86 valence electrons.